The van der Waals surface area contributed by atoms with Gasteiger partial charge in [0.25, 0.3) is 0 Å². The van der Waals surface area contributed by atoms with Crippen LogP contribution >= 0.6 is 11.6 Å². The average Bonchev–Trinajstić information content (AvgIpc) is 2.06. The molecule has 1 aromatic rings. The van der Waals surface area contributed by atoms with Crippen LogP contribution in [0.25, 0.3) is 0 Å². The third-order valence-corrected chi connectivity index (χ3v) is 1.83. The van der Waals surface area contributed by atoms with Gasteiger partial charge >= 0.3 is 0 Å². The van der Waals surface area contributed by atoms with Crippen molar-refractivity contribution in [3.05, 3.63) is 34.9 Å². The van der Waals surface area contributed by atoms with E-state index in [1.54, 1.807) is 24.3 Å². The Morgan fingerprint density at radius 2 is 2.00 bits per heavy atom. The molecule has 0 unspecified atom stereocenters. The molecule has 0 aliphatic rings. The fraction of sp³-hybridized carbons (Fsp3) is 0.222. The van der Waals surface area contributed by atoms with Gasteiger partial charge in [0.05, 0.1) is 6.10 Å². The Morgan fingerprint density at radius 1 is 1.42 bits per heavy atom. The molecule has 1 N–H and O–H groups in total. The first-order valence-electron chi connectivity index (χ1n) is 3.61. The first kappa shape index (κ1) is 9.23. The van der Waals surface area contributed by atoms with Crippen molar-refractivity contribution in [3.8, 4) is 0 Å². The minimum Gasteiger partial charge on any atom is -0.388 e. The molecule has 1 aromatic carbocycles. The van der Waals surface area contributed by atoms with Crippen molar-refractivity contribution in [2.24, 2.45) is 0 Å². The average molecular weight is 185 g/mol. The zero-order valence-corrected chi connectivity index (χ0v) is 7.16. The van der Waals surface area contributed by atoms with Crippen molar-refractivity contribution in [3.63, 3.8) is 0 Å². The predicted octanol–water partition coefficient (Wildman–Crippen LogP) is 1.96. The van der Waals surface area contributed by atoms with E-state index in [2.05, 4.69) is 0 Å². The van der Waals surface area contributed by atoms with Crippen LogP contribution in [0.5, 0.6) is 0 Å². The van der Waals surface area contributed by atoms with Crippen LogP contribution in [-0.2, 0) is 4.79 Å². The van der Waals surface area contributed by atoms with Gasteiger partial charge in [-0.05, 0) is 17.7 Å². The number of aliphatic hydroxyl groups excluding tert-OH is 1. The predicted molar refractivity (Wildman–Crippen MR) is 47.1 cm³/mol. The van der Waals surface area contributed by atoms with E-state index in [-0.39, 0.29) is 6.42 Å². The Labute approximate surface area is 75.8 Å². The van der Waals surface area contributed by atoms with E-state index in [9.17, 15) is 9.90 Å². The van der Waals surface area contributed by atoms with Gasteiger partial charge in [-0.25, -0.2) is 0 Å². The minimum absolute atomic E-state index is 0.127. The molecular weight excluding hydrogens is 176 g/mol. The van der Waals surface area contributed by atoms with Crippen molar-refractivity contribution in [1.29, 1.82) is 0 Å². The summed E-state index contributed by atoms with van der Waals surface area (Å²) in [5, 5.41) is 9.96. The van der Waals surface area contributed by atoms with Crippen LogP contribution < -0.4 is 0 Å². The van der Waals surface area contributed by atoms with E-state index in [1.165, 1.54) is 0 Å². The van der Waals surface area contributed by atoms with E-state index in [4.69, 9.17) is 11.6 Å². The van der Waals surface area contributed by atoms with Gasteiger partial charge in [-0.3, -0.25) is 0 Å². The lowest BCUT2D eigenvalue weighted by atomic mass is 10.1. The van der Waals surface area contributed by atoms with Crippen molar-refractivity contribution in [2.75, 3.05) is 0 Å². The van der Waals surface area contributed by atoms with Crippen LogP contribution in [0.4, 0.5) is 0 Å². The summed E-state index contributed by atoms with van der Waals surface area (Å²) in [6.07, 6.45) is 0.112. The molecule has 0 bridgehead atoms. The summed E-state index contributed by atoms with van der Waals surface area (Å²) in [5.41, 5.74) is 0.714. The van der Waals surface area contributed by atoms with Gasteiger partial charge in [0.15, 0.2) is 0 Å². The maximum atomic E-state index is 10.1. The van der Waals surface area contributed by atoms with E-state index in [1.807, 2.05) is 0 Å². The molecule has 1 rings (SSSR count). The Balaban J connectivity index is 2.74. The fourth-order valence-electron chi connectivity index (χ4n) is 0.912. The Bertz CT molecular complexity index is 256. The number of hydrogen-bond acceptors (Lipinski definition) is 2. The topological polar surface area (TPSA) is 37.3 Å². The molecule has 0 aliphatic heterocycles. The van der Waals surface area contributed by atoms with Crippen LogP contribution in [0.2, 0.25) is 5.02 Å². The summed E-state index contributed by atoms with van der Waals surface area (Å²) >= 11 is 5.64. The monoisotopic (exact) mass is 184 g/mol. The summed E-state index contributed by atoms with van der Waals surface area (Å²) in [4.78, 5) is 10.1. The highest BCUT2D eigenvalue weighted by Crippen LogP contribution is 2.17. The summed E-state index contributed by atoms with van der Waals surface area (Å²) in [6, 6.07) is 6.78. The summed E-state index contributed by atoms with van der Waals surface area (Å²) < 4.78 is 0. The zero-order chi connectivity index (χ0) is 8.97. The SMILES string of the molecule is O=CC[C@@H](O)c1ccc(Cl)cc1. The van der Waals surface area contributed by atoms with E-state index >= 15 is 0 Å². The minimum atomic E-state index is -0.709. The molecule has 0 fully saturated rings. The third-order valence-electron chi connectivity index (χ3n) is 1.57. The molecule has 0 spiro atoms. The van der Waals surface area contributed by atoms with Gasteiger partial charge in [0, 0.05) is 11.4 Å². The normalized spacial score (nSPS) is 12.5. The first-order valence-corrected chi connectivity index (χ1v) is 3.99. The summed E-state index contributed by atoms with van der Waals surface area (Å²) in [6.45, 7) is 0. The Morgan fingerprint density at radius 3 is 2.50 bits per heavy atom. The summed E-state index contributed by atoms with van der Waals surface area (Å²) in [7, 11) is 0. The van der Waals surface area contributed by atoms with Gasteiger partial charge in [0.1, 0.15) is 6.29 Å². The summed E-state index contributed by atoms with van der Waals surface area (Å²) in [5.74, 6) is 0. The van der Waals surface area contributed by atoms with Crippen LogP contribution in [0.1, 0.15) is 18.1 Å². The highest BCUT2D eigenvalue weighted by atomic mass is 35.5. The smallest absolute Gasteiger partial charge is 0.122 e. The maximum Gasteiger partial charge on any atom is 0.122 e. The number of carbonyl (C=O) groups is 1. The lowest BCUT2D eigenvalue weighted by molar-refractivity contribution is -0.109. The molecule has 3 heteroatoms. The van der Waals surface area contributed by atoms with Gasteiger partial charge in [0.2, 0.25) is 0 Å². The molecule has 2 nitrogen and oxygen atoms in total. The Hall–Kier alpha value is -0.860. The fourth-order valence-corrected chi connectivity index (χ4v) is 1.04. The number of halogens is 1. The van der Waals surface area contributed by atoms with Crippen molar-refractivity contribution < 1.29 is 9.90 Å². The van der Waals surface area contributed by atoms with Crippen LogP contribution in [0.3, 0.4) is 0 Å². The lowest BCUT2D eigenvalue weighted by Crippen LogP contribution is -1.96. The van der Waals surface area contributed by atoms with Crippen LogP contribution in [-0.4, -0.2) is 11.4 Å². The lowest BCUT2D eigenvalue weighted by Gasteiger charge is -2.06. The maximum absolute atomic E-state index is 10.1. The molecule has 12 heavy (non-hydrogen) atoms. The number of aldehydes is 1. The zero-order valence-electron chi connectivity index (χ0n) is 6.40. The first-order chi connectivity index (χ1) is 5.74. The highest BCUT2D eigenvalue weighted by Gasteiger charge is 2.05. The molecule has 0 aliphatic carbocycles. The van der Waals surface area contributed by atoms with E-state index < -0.39 is 6.10 Å². The van der Waals surface area contributed by atoms with Gasteiger partial charge < -0.3 is 9.90 Å². The van der Waals surface area contributed by atoms with Crippen LogP contribution in [0.15, 0.2) is 24.3 Å². The quantitative estimate of drug-likeness (QED) is 0.730. The third kappa shape index (κ3) is 2.32. The molecule has 64 valence electrons. The second kappa shape index (κ2) is 4.24. The van der Waals surface area contributed by atoms with Gasteiger partial charge in [-0.1, -0.05) is 23.7 Å². The molecule has 0 aromatic heterocycles. The largest absolute Gasteiger partial charge is 0.388 e. The number of benzene rings is 1. The molecule has 0 saturated heterocycles. The molecular formula is C9H9ClO2. The molecule has 1 atom stereocenters. The van der Waals surface area contributed by atoms with E-state index in [0.717, 1.165) is 0 Å². The Kier molecular flexibility index (Phi) is 3.26. The van der Waals surface area contributed by atoms with Gasteiger partial charge in [-0.2, -0.15) is 0 Å². The molecule has 0 saturated carbocycles. The van der Waals surface area contributed by atoms with Crippen molar-refractivity contribution >= 4 is 17.9 Å². The second-order valence-electron chi connectivity index (χ2n) is 2.47. The number of hydrogen-bond donors (Lipinski definition) is 1. The van der Waals surface area contributed by atoms with Gasteiger partial charge in [-0.15, -0.1) is 0 Å². The number of aliphatic hydroxyl groups is 1. The number of carbonyl (C=O) groups excluding carboxylic acids is 1. The standard InChI is InChI=1S/C9H9ClO2/c10-8-3-1-7(2-4-8)9(12)5-6-11/h1-4,6,9,12H,5H2/t9-/m1/s1. The second-order valence-corrected chi connectivity index (χ2v) is 2.91. The number of rotatable bonds is 3. The van der Waals surface area contributed by atoms with Crippen LogP contribution in [0, 0.1) is 0 Å². The van der Waals surface area contributed by atoms with Crippen molar-refractivity contribution in [1.82, 2.24) is 0 Å². The van der Waals surface area contributed by atoms with Crippen molar-refractivity contribution in [2.45, 2.75) is 12.5 Å². The highest BCUT2D eigenvalue weighted by molar-refractivity contribution is 6.30. The molecule has 0 amide bonds. The van der Waals surface area contributed by atoms with E-state index in [0.29, 0.717) is 16.9 Å². The molecule has 0 radical (unpaired) electrons. The molecule has 0 heterocycles.